The van der Waals surface area contributed by atoms with E-state index in [0.29, 0.717) is 25.9 Å². The van der Waals surface area contributed by atoms with Crippen LogP contribution in [0.3, 0.4) is 0 Å². The molecule has 1 aliphatic heterocycles. The Morgan fingerprint density at radius 3 is 2.43 bits per heavy atom. The zero-order chi connectivity index (χ0) is 22.2. The number of rotatable bonds is 4. The Bertz CT molecular complexity index is 1010. The summed E-state index contributed by atoms with van der Waals surface area (Å²) in [7, 11) is 0. The van der Waals surface area contributed by atoms with E-state index < -0.39 is 22.7 Å². The zero-order valence-corrected chi connectivity index (χ0v) is 16.5. The van der Waals surface area contributed by atoms with Gasteiger partial charge in [-0.05, 0) is 31.1 Å². The SMILES string of the molecule is C=CC(=O)N1CCC(n2nc(-c3ccc(Cl)c(C(F)(F)F)c3)c(C(N)=O)c2N)CC1. The quantitative estimate of drug-likeness (QED) is 0.710. The van der Waals surface area contributed by atoms with Gasteiger partial charge in [-0.2, -0.15) is 18.3 Å². The fraction of sp³-hybridized carbons (Fsp3) is 0.316. The lowest BCUT2D eigenvalue weighted by atomic mass is 10.0. The van der Waals surface area contributed by atoms with Gasteiger partial charge in [-0.3, -0.25) is 9.59 Å². The molecule has 4 N–H and O–H groups in total. The summed E-state index contributed by atoms with van der Waals surface area (Å²) in [5.41, 5.74) is 10.3. The first-order chi connectivity index (χ1) is 14.0. The average Bonchev–Trinajstić information content (AvgIpc) is 3.04. The maximum Gasteiger partial charge on any atom is 0.417 e. The summed E-state index contributed by atoms with van der Waals surface area (Å²) in [5, 5.41) is 3.85. The van der Waals surface area contributed by atoms with Crippen LogP contribution in [-0.4, -0.2) is 39.6 Å². The van der Waals surface area contributed by atoms with E-state index >= 15 is 0 Å². The number of carbonyl (C=O) groups is 2. The Morgan fingerprint density at radius 2 is 1.90 bits per heavy atom. The zero-order valence-electron chi connectivity index (χ0n) is 15.7. The average molecular weight is 442 g/mol. The van der Waals surface area contributed by atoms with Crippen LogP contribution in [0.4, 0.5) is 19.0 Å². The van der Waals surface area contributed by atoms with Crippen LogP contribution in [0.2, 0.25) is 5.02 Å². The molecule has 1 aromatic heterocycles. The van der Waals surface area contributed by atoms with E-state index in [9.17, 15) is 22.8 Å². The maximum atomic E-state index is 13.2. The number of nitrogen functional groups attached to an aromatic ring is 1. The normalized spacial score (nSPS) is 15.3. The number of aromatic nitrogens is 2. The van der Waals surface area contributed by atoms with Crippen molar-refractivity contribution in [3.63, 3.8) is 0 Å². The molecule has 0 saturated carbocycles. The second-order valence-electron chi connectivity index (χ2n) is 6.87. The maximum absolute atomic E-state index is 13.2. The topological polar surface area (TPSA) is 107 Å². The van der Waals surface area contributed by atoms with E-state index in [1.165, 1.54) is 16.8 Å². The molecule has 2 heterocycles. The van der Waals surface area contributed by atoms with Crippen molar-refractivity contribution < 1.29 is 22.8 Å². The van der Waals surface area contributed by atoms with Crippen molar-refractivity contribution in [3.05, 3.63) is 47.0 Å². The number of benzene rings is 1. The first kappa shape index (κ1) is 21.7. The monoisotopic (exact) mass is 441 g/mol. The lowest BCUT2D eigenvalue weighted by Crippen LogP contribution is -2.38. The molecule has 3 rings (SSSR count). The van der Waals surface area contributed by atoms with Crippen LogP contribution in [0.5, 0.6) is 0 Å². The van der Waals surface area contributed by atoms with Crippen LogP contribution in [0.15, 0.2) is 30.9 Å². The molecule has 0 atom stereocenters. The Kier molecular flexibility index (Phi) is 5.80. The third-order valence-electron chi connectivity index (χ3n) is 5.04. The molecule has 0 bridgehead atoms. The van der Waals surface area contributed by atoms with Gasteiger partial charge < -0.3 is 16.4 Å². The van der Waals surface area contributed by atoms with Gasteiger partial charge in [0.2, 0.25) is 5.91 Å². The van der Waals surface area contributed by atoms with Crippen LogP contribution in [0, 0.1) is 0 Å². The first-order valence-electron chi connectivity index (χ1n) is 9.00. The van der Waals surface area contributed by atoms with Gasteiger partial charge in [-0.15, -0.1) is 0 Å². The molecule has 11 heteroatoms. The van der Waals surface area contributed by atoms with Crippen molar-refractivity contribution in [1.82, 2.24) is 14.7 Å². The van der Waals surface area contributed by atoms with Crippen molar-refractivity contribution >= 4 is 29.2 Å². The minimum absolute atomic E-state index is 0.0187. The number of piperidine rings is 1. The molecule has 1 fully saturated rings. The highest BCUT2D eigenvalue weighted by Gasteiger charge is 2.35. The summed E-state index contributed by atoms with van der Waals surface area (Å²) in [6, 6.07) is 2.97. The number of hydrogen-bond acceptors (Lipinski definition) is 4. The van der Waals surface area contributed by atoms with Gasteiger partial charge in [-0.25, -0.2) is 4.68 Å². The van der Waals surface area contributed by atoms with E-state index in [4.69, 9.17) is 23.1 Å². The van der Waals surface area contributed by atoms with E-state index in [1.54, 1.807) is 4.90 Å². The third kappa shape index (κ3) is 4.00. The van der Waals surface area contributed by atoms with Crippen molar-refractivity contribution in [1.29, 1.82) is 0 Å². The minimum atomic E-state index is -4.68. The fourth-order valence-corrected chi connectivity index (χ4v) is 3.75. The van der Waals surface area contributed by atoms with Crippen LogP contribution in [0.1, 0.15) is 34.8 Å². The van der Waals surface area contributed by atoms with Crippen LogP contribution in [0.25, 0.3) is 11.3 Å². The predicted molar refractivity (Wildman–Crippen MR) is 106 cm³/mol. The largest absolute Gasteiger partial charge is 0.417 e. The summed E-state index contributed by atoms with van der Waals surface area (Å²) in [4.78, 5) is 25.4. The van der Waals surface area contributed by atoms with E-state index in [-0.39, 0.29) is 34.6 Å². The van der Waals surface area contributed by atoms with Crippen LogP contribution in [-0.2, 0) is 11.0 Å². The summed E-state index contributed by atoms with van der Waals surface area (Å²) in [5.74, 6) is -1.13. The lowest BCUT2D eigenvalue weighted by Gasteiger charge is -2.31. The Hall–Kier alpha value is -3.01. The highest BCUT2D eigenvalue weighted by atomic mass is 35.5. The molecule has 7 nitrogen and oxygen atoms in total. The molecule has 30 heavy (non-hydrogen) atoms. The number of amides is 2. The molecule has 2 amide bonds. The van der Waals surface area contributed by atoms with Gasteiger partial charge in [-0.1, -0.05) is 24.2 Å². The van der Waals surface area contributed by atoms with E-state index in [1.807, 2.05) is 0 Å². The Balaban J connectivity index is 2.01. The number of primary amides is 1. The van der Waals surface area contributed by atoms with Crippen LogP contribution < -0.4 is 11.5 Å². The molecule has 0 aliphatic carbocycles. The molecular formula is C19H19ClF3N5O2. The number of nitrogens with zero attached hydrogens (tertiary/aromatic N) is 3. The van der Waals surface area contributed by atoms with Crippen molar-refractivity contribution in [3.8, 4) is 11.3 Å². The summed E-state index contributed by atoms with van der Waals surface area (Å²) >= 11 is 5.68. The minimum Gasteiger partial charge on any atom is -0.383 e. The second-order valence-corrected chi connectivity index (χ2v) is 7.28. The highest BCUT2D eigenvalue weighted by Crippen LogP contribution is 2.39. The number of likely N-dealkylation sites (tertiary alicyclic amines) is 1. The molecule has 2 aromatic rings. The molecule has 0 spiro atoms. The van der Waals surface area contributed by atoms with Crippen molar-refractivity contribution in [2.45, 2.75) is 25.1 Å². The Morgan fingerprint density at radius 1 is 1.27 bits per heavy atom. The van der Waals surface area contributed by atoms with Gasteiger partial charge in [0.15, 0.2) is 0 Å². The van der Waals surface area contributed by atoms with Gasteiger partial charge in [0.25, 0.3) is 5.91 Å². The molecular weight excluding hydrogens is 423 g/mol. The molecule has 1 aliphatic rings. The molecule has 0 unspecified atom stereocenters. The number of carbonyl (C=O) groups excluding carboxylic acids is 2. The van der Waals surface area contributed by atoms with E-state index in [0.717, 1.165) is 12.1 Å². The third-order valence-corrected chi connectivity index (χ3v) is 5.37. The molecule has 160 valence electrons. The number of nitrogens with two attached hydrogens (primary N) is 2. The summed E-state index contributed by atoms with van der Waals surface area (Å²) in [6.45, 7) is 4.31. The molecule has 0 radical (unpaired) electrons. The number of hydrogen-bond donors (Lipinski definition) is 2. The van der Waals surface area contributed by atoms with Crippen molar-refractivity contribution in [2.75, 3.05) is 18.8 Å². The van der Waals surface area contributed by atoms with Gasteiger partial charge in [0.1, 0.15) is 17.1 Å². The fourth-order valence-electron chi connectivity index (χ4n) is 3.52. The number of alkyl halides is 3. The predicted octanol–water partition coefficient (Wildman–Crippen LogP) is 3.25. The van der Waals surface area contributed by atoms with Gasteiger partial charge >= 0.3 is 6.18 Å². The number of anilines is 1. The van der Waals surface area contributed by atoms with Gasteiger partial charge in [0.05, 0.1) is 16.6 Å². The smallest absolute Gasteiger partial charge is 0.383 e. The standard InChI is InChI=1S/C19H19ClF3N5O2/c1-2-14(29)27-7-5-11(6-8-27)28-17(24)15(18(25)30)16(26-28)10-3-4-13(20)12(9-10)19(21,22)23/h2-4,9,11H,1,5-8,24H2,(H2,25,30). The summed E-state index contributed by atoms with van der Waals surface area (Å²) < 4.78 is 41.1. The van der Waals surface area contributed by atoms with Crippen LogP contribution >= 0.6 is 11.6 Å². The lowest BCUT2D eigenvalue weighted by molar-refractivity contribution is -0.137. The highest BCUT2D eigenvalue weighted by molar-refractivity contribution is 6.31. The molecule has 1 saturated heterocycles. The summed E-state index contributed by atoms with van der Waals surface area (Å²) in [6.07, 6.45) is -2.46. The van der Waals surface area contributed by atoms with Gasteiger partial charge in [0, 0.05) is 18.7 Å². The van der Waals surface area contributed by atoms with E-state index in [2.05, 4.69) is 11.7 Å². The molecule has 1 aromatic carbocycles. The second kappa shape index (κ2) is 8.02. The Labute approximate surface area is 175 Å². The number of halogens is 4. The first-order valence-corrected chi connectivity index (χ1v) is 9.38. The van der Waals surface area contributed by atoms with Crippen molar-refractivity contribution in [2.24, 2.45) is 5.73 Å².